The van der Waals surface area contributed by atoms with Crippen molar-refractivity contribution < 1.29 is 0 Å². The van der Waals surface area contributed by atoms with Gasteiger partial charge in [-0.15, -0.1) is 0 Å². The van der Waals surface area contributed by atoms with E-state index in [0.717, 1.165) is 0 Å². The smallest absolute Gasteiger partial charge is 0.111 e. The summed E-state index contributed by atoms with van der Waals surface area (Å²) >= 11 is 0. The maximum atomic E-state index is 4.95. The molecule has 0 saturated heterocycles. The predicted octanol–water partition coefficient (Wildman–Crippen LogP) is 12.3. The van der Waals surface area contributed by atoms with Crippen molar-refractivity contribution >= 4 is 0 Å². The number of unbranched alkanes of at least 4 members (excludes halogenated alkanes) is 19. The Balaban J connectivity index is 2.43. The van der Waals surface area contributed by atoms with Crippen LogP contribution in [-0.4, -0.2) is 9.55 Å². The second-order valence-electron chi connectivity index (χ2n) is 11.8. The van der Waals surface area contributed by atoms with Gasteiger partial charge in [0, 0.05) is 24.4 Å². The molecule has 0 spiro atoms. The number of hydrogen-bond acceptors (Lipinski definition) is 1. The van der Waals surface area contributed by atoms with Crippen molar-refractivity contribution in [3.05, 3.63) is 18.2 Å². The van der Waals surface area contributed by atoms with Gasteiger partial charge in [0.05, 0.1) is 0 Å². The van der Waals surface area contributed by atoms with Crippen LogP contribution < -0.4 is 0 Å². The van der Waals surface area contributed by atoms with Crippen LogP contribution >= 0.6 is 0 Å². The number of hydrogen-bond donors (Lipinski definition) is 0. The van der Waals surface area contributed by atoms with Crippen molar-refractivity contribution in [2.45, 2.75) is 200 Å². The predicted molar refractivity (Wildman–Crippen MR) is 162 cm³/mol. The molecule has 2 unspecified atom stereocenters. The van der Waals surface area contributed by atoms with E-state index in [4.69, 9.17) is 4.98 Å². The normalized spacial score (nSPS) is 13.3. The second-order valence-corrected chi connectivity index (χ2v) is 11.8. The van der Waals surface area contributed by atoms with E-state index in [1.807, 2.05) is 0 Å². The molecule has 0 bridgehead atoms. The van der Waals surface area contributed by atoms with Crippen LogP contribution in [0, 0.1) is 0 Å². The molecule has 2 nitrogen and oxygen atoms in total. The molecule has 1 rings (SSSR count). The Bertz CT molecular complexity index is 563. The molecule has 0 amide bonds. The molecular weight excluding hydrogens is 436 g/mol. The number of aromatic nitrogens is 2. The van der Waals surface area contributed by atoms with Crippen LogP contribution in [0.15, 0.2) is 12.4 Å². The molecule has 36 heavy (non-hydrogen) atoms. The second kappa shape index (κ2) is 24.5. The van der Waals surface area contributed by atoms with E-state index < -0.39 is 0 Å². The van der Waals surface area contributed by atoms with Gasteiger partial charge in [0.2, 0.25) is 0 Å². The van der Waals surface area contributed by atoms with Gasteiger partial charge in [0.25, 0.3) is 0 Å². The first-order chi connectivity index (χ1) is 17.7. The van der Waals surface area contributed by atoms with E-state index in [0.29, 0.717) is 12.0 Å². The Morgan fingerprint density at radius 2 is 0.889 bits per heavy atom. The van der Waals surface area contributed by atoms with Gasteiger partial charge in [0.15, 0.2) is 0 Å². The molecular formula is C34H66N2. The van der Waals surface area contributed by atoms with Gasteiger partial charge in [-0.25, -0.2) is 4.98 Å². The van der Waals surface area contributed by atoms with E-state index in [-0.39, 0.29) is 0 Å². The van der Waals surface area contributed by atoms with Crippen molar-refractivity contribution in [2.75, 3.05) is 0 Å². The minimum Gasteiger partial charge on any atom is -0.332 e. The molecule has 0 fully saturated rings. The average molecular weight is 503 g/mol. The van der Waals surface area contributed by atoms with Crippen LogP contribution in [0.25, 0.3) is 0 Å². The lowest BCUT2D eigenvalue weighted by Crippen LogP contribution is -2.13. The van der Waals surface area contributed by atoms with Gasteiger partial charge >= 0.3 is 0 Å². The summed E-state index contributed by atoms with van der Waals surface area (Å²) in [5.41, 5.74) is 0. The van der Waals surface area contributed by atoms with Crippen molar-refractivity contribution in [2.24, 2.45) is 0 Å². The summed E-state index contributed by atoms with van der Waals surface area (Å²) in [6.07, 6.45) is 39.4. The fraction of sp³-hybridized carbons (Fsp3) is 0.912. The third kappa shape index (κ3) is 16.9. The van der Waals surface area contributed by atoms with Crippen molar-refractivity contribution in [1.82, 2.24) is 9.55 Å². The van der Waals surface area contributed by atoms with Crippen LogP contribution in [0.4, 0.5) is 0 Å². The molecule has 212 valence electrons. The van der Waals surface area contributed by atoms with Gasteiger partial charge in [-0.05, 0) is 26.2 Å². The minimum absolute atomic E-state index is 0.590. The molecule has 1 aromatic rings. The quantitative estimate of drug-likeness (QED) is 0.109. The molecule has 0 N–H and O–H groups in total. The van der Waals surface area contributed by atoms with Crippen LogP contribution in [0.2, 0.25) is 0 Å². The van der Waals surface area contributed by atoms with Crippen LogP contribution in [0.1, 0.15) is 206 Å². The summed E-state index contributed by atoms with van der Waals surface area (Å²) in [5, 5.41) is 0. The monoisotopic (exact) mass is 503 g/mol. The van der Waals surface area contributed by atoms with Crippen molar-refractivity contribution in [3.63, 3.8) is 0 Å². The lowest BCUT2D eigenvalue weighted by molar-refractivity contribution is 0.414. The summed E-state index contributed by atoms with van der Waals surface area (Å²) in [5.74, 6) is 2.06. The first kappa shape index (κ1) is 33.2. The highest BCUT2D eigenvalue weighted by Crippen LogP contribution is 2.30. The minimum atomic E-state index is 0.590. The van der Waals surface area contributed by atoms with Gasteiger partial charge < -0.3 is 4.57 Å². The SMILES string of the molecule is CCCCCCCCCCCCC(CCCCCCCCCCC)c1nccn1C(C)CCCCC. The maximum Gasteiger partial charge on any atom is 0.111 e. The summed E-state index contributed by atoms with van der Waals surface area (Å²) in [6, 6.07) is 0.590. The van der Waals surface area contributed by atoms with E-state index >= 15 is 0 Å². The molecule has 0 aliphatic heterocycles. The van der Waals surface area contributed by atoms with Crippen molar-refractivity contribution in [3.8, 4) is 0 Å². The molecule has 2 heteroatoms. The Kier molecular flexibility index (Phi) is 22.7. The third-order valence-electron chi connectivity index (χ3n) is 8.33. The topological polar surface area (TPSA) is 17.8 Å². The Hall–Kier alpha value is -0.790. The zero-order valence-corrected chi connectivity index (χ0v) is 25.4. The standard InChI is InChI=1S/C34H66N2/c1-5-8-11-13-15-17-19-21-23-26-29-33(28-25-22-20-18-16-14-12-9-6-2)34-35-30-31-36(34)32(4)27-24-10-7-3/h30-33H,5-29H2,1-4H3. The van der Waals surface area contributed by atoms with Gasteiger partial charge in [-0.3, -0.25) is 0 Å². The van der Waals surface area contributed by atoms with Gasteiger partial charge in [-0.2, -0.15) is 0 Å². The van der Waals surface area contributed by atoms with E-state index in [1.165, 1.54) is 166 Å². The van der Waals surface area contributed by atoms with E-state index in [2.05, 4.69) is 44.7 Å². The van der Waals surface area contributed by atoms with Crippen molar-refractivity contribution in [1.29, 1.82) is 0 Å². The highest BCUT2D eigenvalue weighted by Gasteiger charge is 2.19. The first-order valence-electron chi connectivity index (χ1n) is 16.8. The fourth-order valence-corrected chi connectivity index (χ4v) is 5.82. The zero-order chi connectivity index (χ0) is 26.1. The van der Waals surface area contributed by atoms with Crippen LogP contribution in [0.5, 0.6) is 0 Å². The Labute approximate surface area is 227 Å². The summed E-state index contributed by atoms with van der Waals surface area (Å²) in [6.45, 7) is 9.34. The highest BCUT2D eigenvalue weighted by molar-refractivity contribution is 5.02. The number of imidazole rings is 1. The largest absolute Gasteiger partial charge is 0.332 e. The lowest BCUT2D eigenvalue weighted by Gasteiger charge is -2.22. The molecule has 1 heterocycles. The molecule has 0 aliphatic rings. The highest BCUT2D eigenvalue weighted by atomic mass is 15.1. The maximum absolute atomic E-state index is 4.95. The molecule has 0 aliphatic carbocycles. The summed E-state index contributed by atoms with van der Waals surface area (Å²) in [7, 11) is 0. The number of rotatable bonds is 27. The zero-order valence-electron chi connectivity index (χ0n) is 25.4. The summed E-state index contributed by atoms with van der Waals surface area (Å²) in [4.78, 5) is 4.95. The number of nitrogens with zero attached hydrogens (tertiary/aromatic N) is 2. The van der Waals surface area contributed by atoms with Crippen LogP contribution in [0.3, 0.4) is 0 Å². The molecule has 1 aromatic heterocycles. The molecule has 0 radical (unpaired) electrons. The third-order valence-corrected chi connectivity index (χ3v) is 8.33. The fourth-order valence-electron chi connectivity index (χ4n) is 5.82. The van der Waals surface area contributed by atoms with E-state index in [1.54, 1.807) is 0 Å². The molecule has 0 aromatic carbocycles. The molecule has 2 atom stereocenters. The lowest BCUT2D eigenvalue weighted by atomic mass is 9.92. The van der Waals surface area contributed by atoms with Crippen LogP contribution in [-0.2, 0) is 0 Å². The van der Waals surface area contributed by atoms with Gasteiger partial charge in [-0.1, -0.05) is 162 Å². The Morgan fingerprint density at radius 3 is 1.33 bits per heavy atom. The summed E-state index contributed by atoms with van der Waals surface area (Å²) < 4.78 is 2.55. The van der Waals surface area contributed by atoms with Gasteiger partial charge in [0.1, 0.15) is 5.82 Å². The first-order valence-corrected chi connectivity index (χ1v) is 16.8. The Morgan fingerprint density at radius 1 is 0.528 bits per heavy atom. The molecule has 0 saturated carbocycles. The average Bonchev–Trinajstić information content (AvgIpc) is 3.37. The van der Waals surface area contributed by atoms with E-state index in [9.17, 15) is 0 Å².